The van der Waals surface area contributed by atoms with Gasteiger partial charge in [0.25, 0.3) is 0 Å². The van der Waals surface area contributed by atoms with Crippen molar-refractivity contribution in [1.29, 1.82) is 0 Å². The molecule has 2 fully saturated rings. The van der Waals surface area contributed by atoms with Crippen LogP contribution >= 0.6 is 12.4 Å². The molecule has 1 spiro atoms. The van der Waals surface area contributed by atoms with Crippen LogP contribution in [0.2, 0.25) is 0 Å². The Morgan fingerprint density at radius 3 is 3.10 bits per heavy atom. The van der Waals surface area contributed by atoms with Crippen LogP contribution < -0.4 is 10.1 Å². The number of halogens is 1. The third-order valence-electron chi connectivity index (χ3n) is 4.53. The molecule has 112 valence electrons. The molecular formula is C15H18ClN3O2. The second-order valence-corrected chi connectivity index (χ2v) is 5.73. The van der Waals surface area contributed by atoms with Crippen molar-refractivity contribution in [1.82, 2.24) is 15.5 Å². The summed E-state index contributed by atoms with van der Waals surface area (Å²) in [6.07, 6.45) is 2.38. The van der Waals surface area contributed by atoms with Crippen molar-refractivity contribution in [2.75, 3.05) is 20.2 Å². The maximum absolute atomic E-state index is 5.47. The summed E-state index contributed by atoms with van der Waals surface area (Å²) in [6, 6.07) is 7.74. The predicted octanol–water partition coefficient (Wildman–Crippen LogP) is 2.63. The van der Waals surface area contributed by atoms with E-state index in [1.54, 1.807) is 7.11 Å². The van der Waals surface area contributed by atoms with Crippen molar-refractivity contribution in [3.63, 3.8) is 0 Å². The first-order chi connectivity index (χ1) is 9.81. The number of hydrogen-bond donors (Lipinski definition) is 1. The molecule has 2 aromatic rings. The van der Waals surface area contributed by atoms with E-state index in [-0.39, 0.29) is 12.4 Å². The Morgan fingerprint density at radius 2 is 2.33 bits per heavy atom. The summed E-state index contributed by atoms with van der Waals surface area (Å²) in [5.74, 6) is 2.67. The first kappa shape index (κ1) is 14.4. The average Bonchev–Trinajstić information content (AvgIpc) is 2.87. The van der Waals surface area contributed by atoms with Gasteiger partial charge in [0.05, 0.1) is 7.11 Å². The largest absolute Gasteiger partial charge is 0.497 e. The molecule has 1 aromatic heterocycles. The molecule has 5 nitrogen and oxygen atoms in total. The zero-order valence-corrected chi connectivity index (χ0v) is 12.7. The summed E-state index contributed by atoms with van der Waals surface area (Å²) in [7, 11) is 1.65. The number of nitrogens with zero attached hydrogens (tertiary/aromatic N) is 2. The highest BCUT2D eigenvalue weighted by Crippen LogP contribution is 2.62. The smallest absolute Gasteiger partial charge is 0.230 e. The van der Waals surface area contributed by atoms with Gasteiger partial charge in [-0.2, -0.15) is 4.98 Å². The van der Waals surface area contributed by atoms with Gasteiger partial charge < -0.3 is 14.6 Å². The fourth-order valence-electron chi connectivity index (χ4n) is 3.19. The van der Waals surface area contributed by atoms with Crippen molar-refractivity contribution in [2.45, 2.75) is 18.8 Å². The SMILES string of the molecule is COc1cccc(-c2noc(C3CC34CCNC4)n2)c1.Cl. The normalized spacial score (nSPS) is 26.6. The van der Waals surface area contributed by atoms with E-state index >= 15 is 0 Å². The molecule has 0 amide bonds. The lowest BCUT2D eigenvalue weighted by Gasteiger charge is -2.02. The first-order valence-electron chi connectivity index (χ1n) is 6.99. The third-order valence-corrected chi connectivity index (χ3v) is 4.53. The van der Waals surface area contributed by atoms with Crippen molar-refractivity contribution < 1.29 is 9.26 Å². The molecule has 0 bridgehead atoms. The minimum Gasteiger partial charge on any atom is -0.497 e. The summed E-state index contributed by atoms with van der Waals surface area (Å²) < 4.78 is 10.7. The summed E-state index contributed by atoms with van der Waals surface area (Å²) in [6.45, 7) is 2.18. The van der Waals surface area contributed by atoms with Crippen LogP contribution in [0.4, 0.5) is 0 Å². The fourth-order valence-corrected chi connectivity index (χ4v) is 3.19. The van der Waals surface area contributed by atoms with E-state index in [4.69, 9.17) is 9.26 Å². The lowest BCUT2D eigenvalue weighted by molar-refractivity contribution is 0.364. The van der Waals surface area contributed by atoms with Crippen molar-refractivity contribution in [2.24, 2.45) is 5.41 Å². The lowest BCUT2D eigenvalue weighted by atomic mass is 10.0. The number of methoxy groups -OCH3 is 1. The van der Waals surface area contributed by atoms with E-state index in [1.807, 2.05) is 24.3 Å². The van der Waals surface area contributed by atoms with E-state index < -0.39 is 0 Å². The van der Waals surface area contributed by atoms with Crippen LogP contribution in [0.3, 0.4) is 0 Å². The minimum absolute atomic E-state index is 0. The summed E-state index contributed by atoms with van der Waals surface area (Å²) in [4.78, 5) is 4.58. The van der Waals surface area contributed by atoms with Gasteiger partial charge in [0, 0.05) is 18.0 Å². The fraction of sp³-hybridized carbons (Fsp3) is 0.467. The first-order valence-corrected chi connectivity index (χ1v) is 6.99. The molecule has 1 aliphatic carbocycles. The van der Waals surface area contributed by atoms with Gasteiger partial charge in [0.15, 0.2) is 0 Å². The van der Waals surface area contributed by atoms with Crippen molar-refractivity contribution in [3.05, 3.63) is 30.2 Å². The van der Waals surface area contributed by atoms with Gasteiger partial charge >= 0.3 is 0 Å². The Balaban J connectivity index is 0.00000132. The maximum Gasteiger partial charge on any atom is 0.230 e. The Kier molecular flexibility index (Phi) is 3.63. The second kappa shape index (κ2) is 5.31. The molecule has 2 aliphatic rings. The molecule has 1 aromatic carbocycles. The minimum atomic E-state index is 0. The highest BCUT2D eigenvalue weighted by atomic mass is 35.5. The molecule has 2 unspecified atom stereocenters. The van der Waals surface area contributed by atoms with Gasteiger partial charge in [-0.3, -0.25) is 0 Å². The predicted molar refractivity (Wildman–Crippen MR) is 80.8 cm³/mol. The molecule has 1 aliphatic heterocycles. The average molecular weight is 308 g/mol. The van der Waals surface area contributed by atoms with Crippen molar-refractivity contribution >= 4 is 12.4 Å². The molecule has 1 N–H and O–H groups in total. The zero-order valence-electron chi connectivity index (χ0n) is 11.8. The second-order valence-electron chi connectivity index (χ2n) is 5.73. The van der Waals surface area contributed by atoms with E-state index in [1.165, 1.54) is 12.8 Å². The number of ether oxygens (including phenoxy) is 1. The van der Waals surface area contributed by atoms with Crippen LogP contribution in [0.1, 0.15) is 24.7 Å². The Morgan fingerprint density at radius 1 is 1.43 bits per heavy atom. The van der Waals surface area contributed by atoms with Crippen LogP contribution in [-0.2, 0) is 0 Å². The van der Waals surface area contributed by atoms with Gasteiger partial charge in [-0.25, -0.2) is 0 Å². The molecular weight excluding hydrogens is 290 g/mol. The number of aromatic nitrogens is 2. The van der Waals surface area contributed by atoms with E-state index in [2.05, 4.69) is 15.5 Å². The number of hydrogen-bond acceptors (Lipinski definition) is 5. The zero-order chi connectivity index (χ0) is 13.6. The highest BCUT2D eigenvalue weighted by molar-refractivity contribution is 5.85. The summed E-state index contributed by atoms with van der Waals surface area (Å²) in [5, 5.41) is 7.54. The number of benzene rings is 1. The van der Waals surface area contributed by atoms with Crippen LogP contribution in [-0.4, -0.2) is 30.3 Å². The van der Waals surface area contributed by atoms with E-state index in [0.29, 0.717) is 17.2 Å². The lowest BCUT2D eigenvalue weighted by Crippen LogP contribution is -2.10. The van der Waals surface area contributed by atoms with E-state index in [9.17, 15) is 0 Å². The molecule has 2 heterocycles. The van der Waals surface area contributed by atoms with Crippen LogP contribution in [0, 0.1) is 5.41 Å². The Bertz CT molecular complexity index is 637. The summed E-state index contributed by atoms with van der Waals surface area (Å²) in [5.41, 5.74) is 1.32. The maximum atomic E-state index is 5.47. The molecule has 1 saturated carbocycles. The van der Waals surface area contributed by atoms with Gasteiger partial charge in [0.2, 0.25) is 11.7 Å². The highest BCUT2D eigenvalue weighted by Gasteiger charge is 2.58. The molecule has 6 heteroatoms. The van der Waals surface area contributed by atoms with E-state index in [0.717, 1.165) is 30.3 Å². The van der Waals surface area contributed by atoms with Crippen LogP contribution in [0.25, 0.3) is 11.4 Å². The van der Waals surface area contributed by atoms with Gasteiger partial charge in [-0.05, 0) is 36.9 Å². The summed E-state index contributed by atoms with van der Waals surface area (Å²) >= 11 is 0. The van der Waals surface area contributed by atoms with Crippen molar-refractivity contribution in [3.8, 4) is 17.1 Å². The van der Waals surface area contributed by atoms with Gasteiger partial charge in [-0.1, -0.05) is 17.3 Å². The number of rotatable bonds is 3. The Labute approximate surface area is 129 Å². The molecule has 21 heavy (non-hydrogen) atoms. The Hall–Kier alpha value is -1.59. The quantitative estimate of drug-likeness (QED) is 0.944. The van der Waals surface area contributed by atoms with Crippen LogP contribution in [0.15, 0.2) is 28.8 Å². The van der Waals surface area contributed by atoms with Gasteiger partial charge in [0.1, 0.15) is 5.75 Å². The molecule has 0 radical (unpaired) electrons. The molecule has 1 saturated heterocycles. The standard InChI is InChI=1S/C15H17N3O2.ClH/c1-19-11-4-2-3-10(7-11)13-17-14(20-18-13)12-8-15(12)5-6-16-9-15;/h2-4,7,12,16H,5-6,8-9H2,1H3;1H. The molecule has 2 atom stereocenters. The van der Waals surface area contributed by atoms with Crippen LogP contribution in [0.5, 0.6) is 5.75 Å². The number of nitrogens with one attached hydrogen (secondary N) is 1. The van der Waals surface area contributed by atoms with Gasteiger partial charge in [-0.15, -0.1) is 12.4 Å². The third kappa shape index (κ3) is 2.40. The topological polar surface area (TPSA) is 60.2 Å². The molecule has 4 rings (SSSR count). The monoisotopic (exact) mass is 307 g/mol.